The predicted molar refractivity (Wildman–Crippen MR) is 196 cm³/mol. The first kappa shape index (κ1) is 29.1. The molecule has 1 atom stereocenters. The molecule has 0 aromatic heterocycles. The average Bonchev–Trinajstić information content (AvgIpc) is 3.12. The Hall–Kier alpha value is -4.59. The molecule has 0 saturated heterocycles. The van der Waals surface area contributed by atoms with Gasteiger partial charge in [0.15, 0.2) is 0 Å². The molecule has 220 valence electrons. The van der Waals surface area contributed by atoms with Gasteiger partial charge in [-0.1, -0.05) is 159 Å². The summed E-state index contributed by atoms with van der Waals surface area (Å²) >= 11 is 1.82. The van der Waals surface area contributed by atoms with Gasteiger partial charge in [0.05, 0.1) is 0 Å². The van der Waals surface area contributed by atoms with Gasteiger partial charge in [-0.3, -0.25) is 0 Å². The first-order valence-corrected chi connectivity index (χ1v) is 17.1. The highest BCUT2D eigenvalue weighted by molar-refractivity contribution is 7.98. The Kier molecular flexibility index (Phi) is 8.29. The maximum atomic E-state index is 2.47. The van der Waals surface area contributed by atoms with Crippen molar-refractivity contribution in [2.45, 2.75) is 36.5 Å². The van der Waals surface area contributed by atoms with Crippen LogP contribution in [0.1, 0.15) is 42.9 Å². The van der Waals surface area contributed by atoms with Gasteiger partial charge in [-0.25, -0.2) is 0 Å². The summed E-state index contributed by atoms with van der Waals surface area (Å²) in [5, 5.41) is 0. The van der Waals surface area contributed by atoms with E-state index in [1.54, 1.807) is 0 Å². The molecule has 0 aliphatic heterocycles. The molecule has 5 aromatic carbocycles. The molecule has 0 heterocycles. The Morgan fingerprint density at radius 2 is 1.16 bits per heavy atom. The van der Waals surface area contributed by atoms with Crippen LogP contribution in [0.5, 0.6) is 0 Å². The van der Waals surface area contributed by atoms with E-state index in [0.717, 1.165) is 19.3 Å². The molecule has 0 saturated carbocycles. The summed E-state index contributed by atoms with van der Waals surface area (Å²) in [7, 11) is 0. The summed E-state index contributed by atoms with van der Waals surface area (Å²) in [5.41, 5.74) is 14.0. The van der Waals surface area contributed by atoms with E-state index >= 15 is 0 Å². The van der Waals surface area contributed by atoms with E-state index in [-0.39, 0.29) is 5.41 Å². The van der Waals surface area contributed by atoms with E-state index in [2.05, 4.69) is 171 Å². The van der Waals surface area contributed by atoms with Crippen molar-refractivity contribution in [3.8, 4) is 33.4 Å². The maximum absolute atomic E-state index is 2.47. The zero-order chi connectivity index (χ0) is 30.6. The fourth-order valence-corrected chi connectivity index (χ4v) is 7.51. The van der Waals surface area contributed by atoms with Gasteiger partial charge in [0.25, 0.3) is 0 Å². The first-order chi connectivity index (χ1) is 22.1. The summed E-state index contributed by atoms with van der Waals surface area (Å²) in [6, 6.07) is 44.7. The number of hydrogen-bond donors (Lipinski definition) is 0. The molecule has 0 fully saturated rings. The van der Waals surface area contributed by atoms with Gasteiger partial charge in [-0.2, -0.15) is 0 Å². The molecule has 0 radical (unpaired) electrons. The van der Waals surface area contributed by atoms with Gasteiger partial charge in [0, 0.05) is 10.3 Å². The van der Waals surface area contributed by atoms with Crippen molar-refractivity contribution in [3.05, 3.63) is 174 Å². The quantitative estimate of drug-likeness (QED) is 0.168. The highest BCUT2D eigenvalue weighted by atomic mass is 32.2. The molecule has 7 rings (SSSR count). The van der Waals surface area contributed by atoms with Gasteiger partial charge in [0.2, 0.25) is 0 Å². The Morgan fingerprint density at radius 3 is 1.89 bits per heavy atom. The van der Waals surface area contributed by atoms with E-state index in [1.165, 1.54) is 66.1 Å². The SMILES string of the molecule is CSc1c(-c2ccccc2)cccc1-c1cccc(-c2cccc(C3(C)C=C(c4ccc(C5=CCCC=C5)cc4)C=CC3)c2)c1. The van der Waals surface area contributed by atoms with E-state index < -0.39 is 0 Å². The number of benzene rings is 5. The van der Waals surface area contributed by atoms with Gasteiger partial charge in [-0.15, -0.1) is 11.8 Å². The Bertz CT molecular complexity index is 1950. The van der Waals surface area contributed by atoms with Crippen LogP contribution in [0.4, 0.5) is 0 Å². The fourth-order valence-electron chi connectivity index (χ4n) is 6.69. The molecule has 5 aromatic rings. The van der Waals surface area contributed by atoms with Crippen molar-refractivity contribution in [1.82, 2.24) is 0 Å². The van der Waals surface area contributed by atoms with Crippen LogP contribution in [0.15, 0.2) is 163 Å². The van der Waals surface area contributed by atoms with Crippen molar-refractivity contribution in [1.29, 1.82) is 0 Å². The normalized spacial score (nSPS) is 17.6. The van der Waals surface area contributed by atoms with Crippen LogP contribution in [-0.2, 0) is 5.41 Å². The zero-order valence-electron chi connectivity index (χ0n) is 26.0. The second-order valence-corrected chi connectivity index (χ2v) is 13.1. The number of thioether (sulfide) groups is 1. The minimum atomic E-state index is -0.0823. The number of hydrogen-bond acceptors (Lipinski definition) is 1. The molecule has 45 heavy (non-hydrogen) atoms. The molecule has 0 amide bonds. The second-order valence-electron chi connectivity index (χ2n) is 12.3. The van der Waals surface area contributed by atoms with Crippen LogP contribution < -0.4 is 0 Å². The smallest absolute Gasteiger partial charge is 0.0226 e. The molecule has 0 nitrogen and oxygen atoms in total. The average molecular weight is 599 g/mol. The van der Waals surface area contributed by atoms with Crippen molar-refractivity contribution in [2.24, 2.45) is 0 Å². The topological polar surface area (TPSA) is 0 Å². The molecule has 0 spiro atoms. The Labute approximate surface area is 272 Å². The largest absolute Gasteiger partial charge is 0.128 e. The highest BCUT2D eigenvalue weighted by Crippen LogP contribution is 2.41. The highest BCUT2D eigenvalue weighted by Gasteiger charge is 2.26. The standard InChI is InChI=1S/C44H38S/c1-44(28-12-20-39(31-44)34-26-24-33(25-27-34)32-13-5-3-6-14-32)40-21-10-18-37(30-40)36-17-9-19-38(29-36)42-23-11-22-41(43(42)45-2)35-15-7-4-8-16-35/h4-5,7-27,29-31H,3,6,28H2,1-2H3. The fraction of sp³-hybridized carbons (Fsp3) is 0.136. The van der Waals surface area contributed by atoms with Gasteiger partial charge in [0.1, 0.15) is 0 Å². The lowest BCUT2D eigenvalue weighted by Crippen LogP contribution is -2.20. The van der Waals surface area contributed by atoms with Crippen molar-refractivity contribution in [3.63, 3.8) is 0 Å². The lowest BCUT2D eigenvalue weighted by Gasteiger charge is -2.30. The molecule has 1 heteroatoms. The minimum absolute atomic E-state index is 0.0823. The zero-order valence-corrected chi connectivity index (χ0v) is 26.9. The lowest BCUT2D eigenvalue weighted by atomic mass is 9.74. The van der Waals surface area contributed by atoms with E-state index in [9.17, 15) is 0 Å². The van der Waals surface area contributed by atoms with E-state index in [4.69, 9.17) is 0 Å². The predicted octanol–water partition coefficient (Wildman–Crippen LogP) is 12.4. The monoisotopic (exact) mass is 598 g/mol. The van der Waals surface area contributed by atoms with E-state index in [1.807, 2.05) is 11.8 Å². The molecule has 2 aliphatic rings. The van der Waals surface area contributed by atoms with Crippen LogP contribution in [0.25, 0.3) is 44.5 Å². The molecule has 0 N–H and O–H groups in total. The summed E-state index contributed by atoms with van der Waals surface area (Å²) < 4.78 is 0. The summed E-state index contributed by atoms with van der Waals surface area (Å²) in [6.45, 7) is 2.37. The van der Waals surface area contributed by atoms with Crippen LogP contribution in [0.3, 0.4) is 0 Å². The van der Waals surface area contributed by atoms with E-state index in [0.29, 0.717) is 0 Å². The summed E-state index contributed by atoms with van der Waals surface area (Å²) in [6.07, 6.45) is 19.4. The third-order valence-corrected chi connectivity index (χ3v) is 10.0. The molecule has 0 bridgehead atoms. The van der Waals surface area contributed by atoms with Gasteiger partial charge in [-0.05, 0) is 92.8 Å². The molecular weight excluding hydrogens is 561 g/mol. The Morgan fingerprint density at radius 1 is 0.533 bits per heavy atom. The first-order valence-electron chi connectivity index (χ1n) is 15.9. The van der Waals surface area contributed by atoms with Crippen molar-refractivity contribution in [2.75, 3.05) is 6.26 Å². The third-order valence-electron chi connectivity index (χ3n) is 9.19. The summed E-state index contributed by atoms with van der Waals surface area (Å²) in [5.74, 6) is 0. The van der Waals surface area contributed by atoms with Crippen molar-refractivity contribution < 1.29 is 0 Å². The third kappa shape index (κ3) is 6.06. The number of rotatable bonds is 7. The van der Waals surface area contributed by atoms with Crippen LogP contribution in [0.2, 0.25) is 0 Å². The summed E-state index contributed by atoms with van der Waals surface area (Å²) in [4.78, 5) is 1.31. The molecule has 1 unspecified atom stereocenters. The van der Waals surface area contributed by atoms with Gasteiger partial charge < -0.3 is 0 Å². The maximum Gasteiger partial charge on any atom is 0.0226 e. The molecular formula is C44H38S. The lowest BCUT2D eigenvalue weighted by molar-refractivity contribution is 0.602. The van der Waals surface area contributed by atoms with Gasteiger partial charge >= 0.3 is 0 Å². The van der Waals surface area contributed by atoms with Crippen LogP contribution in [-0.4, -0.2) is 6.26 Å². The minimum Gasteiger partial charge on any atom is -0.128 e. The number of allylic oxidation sites excluding steroid dienone is 8. The van der Waals surface area contributed by atoms with Crippen molar-refractivity contribution >= 4 is 22.9 Å². The second kappa shape index (κ2) is 12.8. The Balaban J connectivity index is 1.19. The van der Waals surface area contributed by atoms with Crippen LogP contribution in [0, 0.1) is 0 Å². The van der Waals surface area contributed by atoms with Crippen LogP contribution >= 0.6 is 11.8 Å². The molecule has 2 aliphatic carbocycles.